The summed E-state index contributed by atoms with van der Waals surface area (Å²) in [5.74, 6) is 0.863. The number of benzene rings is 2. The third-order valence-corrected chi connectivity index (χ3v) is 3.93. The zero-order valence-corrected chi connectivity index (χ0v) is 13.1. The van der Waals surface area contributed by atoms with Crippen LogP contribution in [-0.4, -0.2) is 11.2 Å². The number of halogens is 2. The van der Waals surface area contributed by atoms with Crippen molar-refractivity contribution in [1.29, 1.82) is 0 Å². The molecule has 0 N–H and O–H groups in total. The molecule has 2 nitrogen and oxygen atoms in total. The summed E-state index contributed by atoms with van der Waals surface area (Å²) in [6.45, 7) is 1.37. The van der Waals surface area contributed by atoms with Crippen LogP contribution in [-0.2, 0) is 6.54 Å². The predicted octanol–water partition coefficient (Wildman–Crippen LogP) is 5.14. The monoisotopic (exact) mass is 349 g/mol. The lowest BCUT2D eigenvalue weighted by atomic mass is 10.2. The fourth-order valence-corrected chi connectivity index (χ4v) is 2.89. The number of nitrogens with zero attached hydrogens (tertiary/aromatic N) is 1. The van der Waals surface area contributed by atoms with Crippen LogP contribution in [0.2, 0.25) is 5.02 Å². The van der Waals surface area contributed by atoms with Gasteiger partial charge in [-0.1, -0.05) is 45.7 Å². The van der Waals surface area contributed by atoms with Crippen LogP contribution in [0.3, 0.4) is 0 Å². The third kappa shape index (κ3) is 2.84. The SMILES string of the molecule is Clc1cccc2ccn(CCOc3cccc(Br)c3)c12. The Hall–Kier alpha value is -1.45. The maximum Gasteiger partial charge on any atom is 0.120 e. The molecule has 0 atom stereocenters. The van der Waals surface area contributed by atoms with E-state index in [4.69, 9.17) is 16.3 Å². The molecule has 0 unspecified atom stereocenters. The second-order valence-electron chi connectivity index (χ2n) is 4.49. The van der Waals surface area contributed by atoms with E-state index in [-0.39, 0.29) is 0 Å². The molecule has 1 heterocycles. The van der Waals surface area contributed by atoms with E-state index in [0.717, 1.165) is 32.7 Å². The first-order valence-corrected chi connectivity index (χ1v) is 7.53. The predicted molar refractivity (Wildman–Crippen MR) is 86.6 cm³/mol. The fourth-order valence-electron chi connectivity index (χ4n) is 2.22. The van der Waals surface area contributed by atoms with Crippen LogP contribution in [0.1, 0.15) is 0 Å². The second-order valence-corrected chi connectivity index (χ2v) is 5.82. The summed E-state index contributed by atoms with van der Waals surface area (Å²) in [5, 5.41) is 1.93. The topological polar surface area (TPSA) is 14.2 Å². The molecule has 102 valence electrons. The number of para-hydroxylation sites is 1. The molecule has 0 amide bonds. The fraction of sp³-hybridized carbons (Fsp3) is 0.125. The highest BCUT2D eigenvalue weighted by atomic mass is 79.9. The smallest absolute Gasteiger partial charge is 0.120 e. The van der Waals surface area contributed by atoms with E-state index >= 15 is 0 Å². The molecular weight excluding hydrogens is 338 g/mol. The summed E-state index contributed by atoms with van der Waals surface area (Å²) in [6, 6.07) is 15.9. The highest BCUT2D eigenvalue weighted by Gasteiger charge is 2.04. The van der Waals surface area contributed by atoms with E-state index < -0.39 is 0 Å². The van der Waals surface area contributed by atoms with E-state index in [2.05, 4.69) is 32.6 Å². The molecule has 1 aromatic heterocycles. The van der Waals surface area contributed by atoms with Crippen molar-refractivity contribution in [2.45, 2.75) is 6.54 Å². The van der Waals surface area contributed by atoms with Crippen LogP contribution in [0.4, 0.5) is 0 Å². The van der Waals surface area contributed by atoms with E-state index in [1.807, 2.05) is 42.6 Å². The number of rotatable bonds is 4. The van der Waals surface area contributed by atoms with Gasteiger partial charge in [0.2, 0.25) is 0 Å². The van der Waals surface area contributed by atoms with Crippen molar-refractivity contribution in [3.63, 3.8) is 0 Å². The molecule has 0 saturated carbocycles. The highest BCUT2D eigenvalue weighted by Crippen LogP contribution is 2.24. The van der Waals surface area contributed by atoms with Gasteiger partial charge in [0.1, 0.15) is 12.4 Å². The van der Waals surface area contributed by atoms with Gasteiger partial charge in [-0.15, -0.1) is 0 Å². The van der Waals surface area contributed by atoms with E-state index in [0.29, 0.717) is 6.61 Å². The standard InChI is InChI=1S/C16H13BrClNO/c17-13-4-2-5-14(11-13)20-10-9-19-8-7-12-3-1-6-15(18)16(12)19/h1-8,11H,9-10H2. The van der Waals surface area contributed by atoms with E-state index in [1.54, 1.807) is 0 Å². The number of fused-ring (bicyclic) bond motifs is 1. The zero-order valence-electron chi connectivity index (χ0n) is 10.7. The van der Waals surface area contributed by atoms with Crippen molar-refractivity contribution in [3.05, 3.63) is 64.2 Å². The first kappa shape index (κ1) is 13.5. The number of aromatic nitrogens is 1. The van der Waals surface area contributed by atoms with Crippen LogP contribution >= 0.6 is 27.5 Å². The van der Waals surface area contributed by atoms with Crippen molar-refractivity contribution in [1.82, 2.24) is 4.57 Å². The van der Waals surface area contributed by atoms with Crippen LogP contribution < -0.4 is 4.74 Å². The molecule has 0 spiro atoms. The Morgan fingerprint density at radius 3 is 2.80 bits per heavy atom. The largest absolute Gasteiger partial charge is 0.492 e. The Morgan fingerprint density at radius 1 is 1.10 bits per heavy atom. The summed E-state index contributed by atoms with van der Waals surface area (Å²) in [6.07, 6.45) is 2.04. The maximum atomic E-state index is 6.25. The average Bonchev–Trinajstić information content (AvgIpc) is 2.84. The molecule has 0 bridgehead atoms. The molecule has 2 aromatic carbocycles. The minimum Gasteiger partial charge on any atom is -0.492 e. The van der Waals surface area contributed by atoms with Gasteiger partial charge in [0, 0.05) is 16.1 Å². The Balaban J connectivity index is 1.71. The average molecular weight is 351 g/mol. The Labute approximate surface area is 131 Å². The zero-order chi connectivity index (χ0) is 13.9. The first-order valence-electron chi connectivity index (χ1n) is 6.36. The Kier molecular flexibility index (Phi) is 3.99. The number of hydrogen-bond acceptors (Lipinski definition) is 1. The van der Waals surface area contributed by atoms with Crippen LogP contribution in [0.25, 0.3) is 10.9 Å². The van der Waals surface area contributed by atoms with Gasteiger partial charge in [-0.3, -0.25) is 0 Å². The molecule has 0 radical (unpaired) electrons. The first-order chi connectivity index (χ1) is 9.74. The molecule has 0 aliphatic carbocycles. The van der Waals surface area contributed by atoms with Gasteiger partial charge in [0.25, 0.3) is 0 Å². The quantitative estimate of drug-likeness (QED) is 0.636. The Bertz CT molecular complexity index is 738. The lowest BCUT2D eigenvalue weighted by Crippen LogP contribution is -2.07. The summed E-state index contributed by atoms with van der Waals surface area (Å²) in [7, 11) is 0. The summed E-state index contributed by atoms with van der Waals surface area (Å²) in [5.41, 5.74) is 1.06. The van der Waals surface area contributed by atoms with Gasteiger partial charge in [-0.25, -0.2) is 0 Å². The number of hydrogen-bond donors (Lipinski definition) is 0. The molecule has 20 heavy (non-hydrogen) atoms. The van der Waals surface area contributed by atoms with Crippen LogP contribution in [0.5, 0.6) is 5.75 Å². The van der Waals surface area contributed by atoms with Crippen molar-refractivity contribution >= 4 is 38.4 Å². The minimum absolute atomic E-state index is 0.603. The van der Waals surface area contributed by atoms with Crippen molar-refractivity contribution in [3.8, 4) is 5.75 Å². The lowest BCUT2D eigenvalue weighted by molar-refractivity contribution is 0.300. The lowest BCUT2D eigenvalue weighted by Gasteiger charge is -2.09. The van der Waals surface area contributed by atoms with Gasteiger partial charge >= 0.3 is 0 Å². The van der Waals surface area contributed by atoms with Gasteiger partial charge in [0.15, 0.2) is 0 Å². The van der Waals surface area contributed by atoms with Gasteiger partial charge in [-0.05, 0) is 30.3 Å². The van der Waals surface area contributed by atoms with Crippen LogP contribution in [0, 0.1) is 0 Å². The van der Waals surface area contributed by atoms with Crippen LogP contribution in [0.15, 0.2) is 59.2 Å². The molecule has 0 aliphatic rings. The molecule has 4 heteroatoms. The van der Waals surface area contributed by atoms with E-state index in [9.17, 15) is 0 Å². The second kappa shape index (κ2) is 5.90. The minimum atomic E-state index is 0.603. The maximum absolute atomic E-state index is 6.25. The van der Waals surface area contributed by atoms with Gasteiger partial charge < -0.3 is 9.30 Å². The van der Waals surface area contributed by atoms with Crippen molar-refractivity contribution in [2.24, 2.45) is 0 Å². The number of ether oxygens (including phenoxy) is 1. The molecule has 3 aromatic rings. The van der Waals surface area contributed by atoms with Crippen molar-refractivity contribution < 1.29 is 4.74 Å². The van der Waals surface area contributed by atoms with Gasteiger partial charge in [-0.2, -0.15) is 0 Å². The molecule has 3 rings (SSSR count). The van der Waals surface area contributed by atoms with Crippen molar-refractivity contribution in [2.75, 3.05) is 6.61 Å². The Morgan fingerprint density at radius 2 is 1.95 bits per heavy atom. The summed E-state index contributed by atoms with van der Waals surface area (Å²) >= 11 is 9.68. The molecule has 0 saturated heterocycles. The molecule has 0 fully saturated rings. The third-order valence-electron chi connectivity index (χ3n) is 3.14. The molecule has 0 aliphatic heterocycles. The highest BCUT2D eigenvalue weighted by molar-refractivity contribution is 9.10. The summed E-state index contributed by atoms with van der Waals surface area (Å²) < 4.78 is 8.89. The normalized spacial score (nSPS) is 10.9. The molecular formula is C16H13BrClNO. The van der Waals surface area contributed by atoms with Gasteiger partial charge in [0.05, 0.1) is 17.1 Å². The summed E-state index contributed by atoms with van der Waals surface area (Å²) in [4.78, 5) is 0. The van der Waals surface area contributed by atoms with E-state index in [1.165, 1.54) is 0 Å².